The van der Waals surface area contributed by atoms with Crippen LogP contribution in [-0.4, -0.2) is 33.4 Å². The van der Waals surface area contributed by atoms with Crippen LogP contribution in [-0.2, 0) is 17.4 Å². The van der Waals surface area contributed by atoms with Gasteiger partial charge < -0.3 is 14.6 Å². The van der Waals surface area contributed by atoms with Crippen molar-refractivity contribution in [3.63, 3.8) is 0 Å². The first-order valence-corrected chi connectivity index (χ1v) is 12.8. The van der Waals surface area contributed by atoms with Crippen molar-refractivity contribution in [3.05, 3.63) is 117 Å². The summed E-state index contributed by atoms with van der Waals surface area (Å²) in [4.78, 5) is 18.7. The molecule has 2 atom stereocenters. The quantitative estimate of drug-likeness (QED) is 0.366. The largest absolute Gasteiger partial charge is 0.374 e. The lowest BCUT2D eigenvalue weighted by Crippen LogP contribution is -2.32. The summed E-state index contributed by atoms with van der Waals surface area (Å²) >= 11 is 14.0. The molecule has 2 heterocycles. The maximum Gasteiger partial charge on any atom is 0.236 e. The number of thioether (sulfide) groups is 1. The van der Waals surface area contributed by atoms with Gasteiger partial charge in [0.15, 0.2) is 5.60 Å². The molecule has 0 saturated heterocycles. The summed E-state index contributed by atoms with van der Waals surface area (Å²) in [7, 11) is 3.64. The molecule has 5 rings (SSSR count). The average Bonchev–Trinajstić information content (AvgIpc) is 3.25. The van der Waals surface area contributed by atoms with Crippen LogP contribution in [0.1, 0.15) is 33.2 Å². The van der Waals surface area contributed by atoms with Gasteiger partial charge in [0, 0.05) is 29.8 Å². The number of aromatic nitrogens is 2. The van der Waals surface area contributed by atoms with Crippen molar-refractivity contribution in [2.45, 2.75) is 10.9 Å². The minimum Gasteiger partial charge on any atom is -0.374 e. The van der Waals surface area contributed by atoms with Crippen LogP contribution in [0.25, 0.3) is 0 Å². The zero-order chi connectivity index (χ0) is 24.7. The Morgan fingerprint density at radius 1 is 1.00 bits per heavy atom. The van der Waals surface area contributed by atoms with E-state index in [0.29, 0.717) is 32.6 Å². The number of carbonyl (C=O) groups is 1. The summed E-state index contributed by atoms with van der Waals surface area (Å²) in [5.41, 5.74) is 3.18. The molecule has 1 aromatic heterocycles. The van der Waals surface area contributed by atoms with Crippen molar-refractivity contribution in [3.8, 4) is 0 Å². The second-order valence-corrected chi connectivity index (χ2v) is 10.5. The van der Waals surface area contributed by atoms with Gasteiger partial charge in [0.2, 0.25) is 5.91 Å². The maximum atomic E-state index is 12.8. The number of amides is 1. The molecule has 35 heavy (non-hydrogen) atoms. The predicted octanol–water partition coefficient (Wildman–Crippen LogP) is 5.81. The van der Waals surface area contributed by atoms with Gasteiger partial charge in [-0.2, -0.15) is 0 Å². The fourth-order valence-electron chi connectivity index (χ4n) is 4.58. The first-order valence-electron chi connectivity index (χ1n) is 11.0. The van der Waals surface area contributed by atoms with E-state index in [4.69, 9.17) is 23.2 Å². The zero-order valence-corrected chi connectivity index (χ0v) is 21.5. The number of fused-ring (bicyclic) bond motifs is 1. The Morgan fingerprint density at radius 3 is 2.43 bits per heavy atom. The summed E-state index contributed by atoms with van der Waals surface area (Å²) in [5.74, 6) is 0.356. The van der Waals surface area contributed by atoms with Crippen LogP contribution in [0.2, 0.25) is 10.0 Å². The molecule has 1 aliphatic heterocycles. The van der Waals surface area contributed by atoms with Gasteiger partial charge in [-0.05, 0) is 58.7 Å². The molecule has 0 aliphatic carbocycles. The van der Waals surface area contributed by atoms with Crippen LogP contribution in [0.5, 0.6) is 0 Å². The minimum absolute atomic E-state index is 0.0214. The molecule has 1 aliphatic rings. The van der Waals surface area contributed by atoms with Crippen LogP contribution in [0.3, 0.4) is 0 Å². The van der Waals surface area contributed by atoms with E-state index in [1.807, 2.05) is 61.6 Å². The first-order chi connectivity index (χ1) is 16.8. The monoisotopic (exact) mass is 523 g/mol. The predicted molar refractivity (Wildman–Crippen MR) is 142 cm³/mol. The third-order valence-corrected chi connectivity index (χ3v) is 8.20. The standard InChI is InChI=1S/C27H23Cl2N3O2S/c1-31-16-30-14-24(31)27(34,18-6-9-20(28)10-7-18)19-8-11-23-22(13-19)26(35-15-25(33)32(23)2)17-4-3-5-21(29)12-17/h3-14,16,26,34H,15H2,1-2H3. The molecular weight excluding hydrogens is 501 g/mol. The lowest BCUT2D eigenvalue weighted by Gasteiger charge is -2.31. The lowest BCUT2D eigenvalue weighted by molar-refractivity contribution is -0.115. The van der Waals surface area contributed by atoms with E-state index in [1.165, 1.54) is 0 Å². The number of anilines is 1. The number of nitrogens with zero attached hydrogens (tertiary/aromatic N) is 3. The van der Waals surface area contributed by atoms with Crippen molar-refractivity contribution < 1.29 is 9.90 Å². The summed E-state index contributed by atoms with van der Waals surface area (Å²) in [5, 5.41) is 13.4. The van der Waals surface area contributed by atoms with Crippen molar-refractivity contribution in [2.24, 2.45) is 7.05 Å². The smallest absolute Gasteiger partial charge is 0.236 e. The first kappa shape index (κ1) is 23.9. The molecule has 0 fully saturated rings. The molecule has 3 aromatic carbocycles. The number of benzene rings is 3. The van der Waals surface area contributed by atoms with E-state index in [1.54, 1.807) is 52.9 Å². The molecule has 8 heteroatoms. The molecule has 0 saturated carbocycles. The van der Waals surface area contributed by atoms with Crippen LogP contribution in [0.15, 0.2) is 79.3 Å². The average molecular weight is 524 g/mol. The van der Waals surface area contributed by atoms with Gasteiger partial charge in [-0.3, -0.25) is 4.79 Å². The molecule has 4 aromatic rings. The normalized spacial score (nSPS) is 17.6. The molecule has 5 nitrogen and oxygen atoms in total. The van der Waals surface area contributed by atoms with E-state index in [-0.39, 0.29) is 11.2 Å². The minimum atomic E-state index is -1.50. The fraction of sp³-hybridized carbons (Fsp3) is 0.185. The van der Waals surface area contributed by atoms with Crippen molar-refractivity contribution in [1.82, 2.24) is 9.55 Å². The van der Waals surface area contributed by atoms with E-state index < -0.39 is 5.60 Å². The van der Waals surface area contributed by atoms with Gasteiger partial charge in [0.25, 0.3) is 0 Å². The Hall–Kier alpha value is -2.77. The number of hydrogen-bond donors (Lipinski definition) is 1. The molecule has 1 N–H and O–H groups in total. The van der Waals surface area contributed by atoms with Crippen molar-refractivity contribution in [2.75, 3.05) is 17.7 Å². The second-order valence-electron chi connectivity index (χ2n) is 8.58. The highest BCUT2D eigenvalue weighted by molar-refractivity contribution is 8.00. The molecular formula is C27H23Cl2N3O2S. The van der Waals surface area contributed by atoms with E-state index in [0.717, 1.165) is 16.8 Å². The lowest BCUT2D eigenvalue weighted by atomic mass is 9.82. The number of aryl methyl sites for hydroxylation is 1. The third kappa shape index (κ3) is 4.25. The fourth-order valence-corrected chi connectivity index (χ4v) is 6.11. The summed E-state index contributed by atoms with van der Waals surface area (Å²) in [6.07, 6.45) is 3.33. The molecule has 0 radical (unpaired) electrons. The second kappa shape index (κ2) is 9.36. The van der Waals surface area contributed by atoms with Crippen LogP contribution in [0, 0.1) is 0 Å². The topological polar surface area (TPSA) is 58.4 Å². The number of halogens is 2. The Labute approximate surface area is 218 Å². The summed E-state index contributed by atoms with van der Waals surface area (Å²) in [6.45, 7) is 0. The molecule has 178 valence electrons. The van der Waals surface area contributed by atoms with Gasteiger partial charge in [-0.15, -0.1) is 11.8 Å². The number of rotatable bonds is 4. The maximum absolute atomic E-state index is 12.8. The van der Waals surface area contributed by atoms with E-state index in [2.05, 4.69) is 4.98 Å². The van der Waals surface area contributed by atoms with Crippen LogP contribution >= 0.6 is 35.0 Å². The van der Waals surface area contributed by atoms with Gasteiger partial charge in [-0.25, -0.2) is 4.98 Å². The van der Waals surface area contributed by atoms with Crippen molar-refractivity contribution in [1.29, 1.82) is 0 Å². The number of hydrogen-bond acceptors (Lipinski definition) is 4. The van der Waals surface area contributed by atoms with Gasteiger partial charge in [0.05, 0.1) is 29.2 Å². The molecule has 0 spiro atoms. The van der Waals surface area contributed by atoms with E-state index in [9.17, 15) is 9.90 Å². The highest BCUT2D eigenvalue weighted by Crippen LogP contribution is 2.46. The zero-order valence-electron chi connectivity index (χ0n) is 19.2. The molecule has 1 amide bonds. The summed E-state index contributed by atoms with van der Waals surface area (Å²) in [6, 6.07) is 20.6. The Kier molecular flexibility index (Phi) is 6.40. The Bertz CT molecular complexity index is 1410. The molecule has 0 bridgehead atoms. The Balaban J connectivity index is 1.75. The number of imidazole rings is 1. The Morgan fingerprint density at radius 2 is 1.74 bits per heavy atom. The highest BCUT2D eigenvalue weighted by atomic mass is 35.5. The highest BCUT2D eigenvalue weighted by Gasteiger charge is 2.38. The number of carbonyl (C=O) groups excluding carboxylic acids is 1. The SMILES string of the molecule is CN1C(=O)CSC(c2cccc(Cl)c2)c2cc(C(O)(c3ccc(Cl)cc3)c3cncn3C)ccc21. The van der Waals surface area contributed by atoms with Crippen molar-refractivity contribution >= 4 is 46.6 Å². The van der Waals surface area contributed by atoms with E-state index >= 15 is 0 Å². The van der Waals surface area contributed by atoms with Crippen LogP contribution < -0.4 is 4.90 Å². The van der Waals surface area contributed by atoms with Gasteiger partial charge in [-0.1, -0.05) is 53.5 Å². The van der Waals surface area contributed by atoms with Gasteiger partial charge in [0.1, 0.15) is 0 Å². The number of aliphatic hydroxyl groups is 1. The van der Waals surface area contributed by atoms with Crippen LogP contribution in [0.4, 0.5) is 5.69 Å². The molecule has 2 unspecified atom stereocenters. The third-order valence-electron chi connectivity index (χ3n) is 6.44. The van der Waals surface area contributed by atoms with Gasteiger partial charge >= 0.3 is 0 Å². The summed E-state index contributed by atoms with van der Waals surface area (Å²) < 4.78 is 1.80.